The molecule has 0 N–H and O–H groups in total. The molecule has 1 fully saturated rings. The monoisotopic (exact) mass is 263 g/mol. The van der Waals surface area contributed by atoms with Gasteiger partial charge in [-0.2, -0.15) is 5.26 Å². The largest absolute Gasteiger partial charge is 0.378 e. The molecule has 0 aromatic heterocycles. The Balaban J connectivity index is 2.27. The number of halogens is 1. The van der Waals surface area contributed by atoms with Gasteiger partial charge < -0.3 is 4.74 Å². The number of ether oxygens (including phenoxy) is 1. The van der Waals surface area contributed by atoms with Crippen LogP contribution in [-0.2, 0) is 9.53 Å². The van der Waals surface area contributed by atoms with E-state index in [1.165, 1.54) is 0 Å². The second kappa shape index (κ2) is 5.51. The van der Waals surface area contributed by atoms with Gasteiger partial charge in [-0.05, 0) is 25.0 Å². The van der Waals surface area contributed by atoms with E-state index < -0.39 is 5.92 Å². The first-order valence-corrected chi connectivity index (χ1v) is 6.32. The van der Waals surface area contributed by atoms with Crippen molar-refractivity contribution in [3.63, 3.8) is 0 Å². The summed E-state index contributed by atoms with van der Waals surface area (Å²) in [4.78, 5) is 12.4. The summed E-state index contributed by atoms with van der Waals surface area (Å²) in [6, 6.07) is 9.06. The first kappa shape index (κ1) is 13.1. The Morgan fingerprint density at radius 1 is 1.56 bits per heavy atom. The highest BCUT2D eigenvalue weighted by Crippen LogP contribution is 2.31. The fourth-order valence-corrected chi connectivity index (χ4v) is 2.56. The Morgan fingerprint density at radius 3 is 2.83 bits per heavy atom. The van der Waals surface area contributed by atoms with Crippen LogP contribution in [0.2, 0.25) is 5.02 Å². The fourth-order valence-electron chi connectivity index (χ4n) is 2.32. The average molecular weight is 264 g/mol. The molecule has 0 aliphatic carbocycles. The quantitative estimate of drug-likeness (QED) is 0.842. The number of hydrogen-bond acceptors (Lipinski definition) is 3. The molecule has 0 amide bonds. The van der Waals surface area contributed by atoms with E-state index in [1.807, 2.05) is 6.92 Å². The van der Waals surface area contributed by atoms with Gasteiger partial charge in [0.2, 0.25) is 0 Å². The predicted molar refractivity (Wildman–Crippen MR) is 68.3 cm³/mol. The topological polar surface area (TPSA) is 50.1 Å². The molecule has 3 unspecified atom stereocenters. The SMILES string of the molecule is CC1OCCC1C(=O)C(C#N)c1ccccc1Cl. The summed E-state index contributed by atoms with van der Waals surface area (Å²) in [5, 5.41) is 9.71. The standard InChI is InChI=1S/C14H14ClNO2/c1-9-10(6-7-18-9)14(17)12(8-16)11-4-2-3-5-13(11)15/h2-5,9-10,12H,6-7H2,1H3. The first-order valence-electron chi connectivity index (χ1n) is 5.94. The third-order valence-corrected chi connectivity index (χ3v) is 3.72. The van der Waals surface area contributed by atoms with Crippen molar-refractivity contribution in [2.75, 3.05) is 6.61 Å². The molecule has 94 valence electrons. The van der Waals surface area contributed by atoms with E-state index in [0.29, 0.717) is 23.6 Å². The number of carbonyl (C=O) groups excluding carboxylic acids is 1. The minimum Gasteiger partial charge on any atom is -0.378 e. The summed E-state index contributed by atoms with van der Waals surface area (Å²) in [6.45, 7) is 2.45. The number of nitrogens with zero attached hydrogens (tertiary/aromatic N) is 1. The van der Waals surface area contributed by atoms with Crippen molar-refractivity contribution >= 4 is 17.4 Å². The molecule has 4 heteroatoms. The van der Waals surface area contributed by atoms with Crippen LogP contribution in [0.5, 0.6) is 0 Å². The van der Waals surface area contributed by atoms with E-state index in [0.717, 1.165) is 0 Å². The molecule has 1 saturated heterocycles. The van der Waals surface area contributed by atoms with Crippen LogP contribution in [0.1, 0.15) is 24.8 Å². The van der Waals surface area contributed by atoms with Gasteiger partial charge in [-0.15, -0.1) is 0 Å². The minimum atomic E-state index is -0.798. The average Bonchev–Trinajstić information content (AvgIpc) is 2.78. The van der Waals surface area contributed by atoms with E-state index >= 15 is 0 Å². The number of ketones is 1. The van der Waals surface area contributed by atoms with E-state index in [9.17, 15) is 10.1 Å². The molecule has 1 aliphatic heterocycles. The van der Waals surface area contributed by atoms with Crippen LogP contribution in [-0.4, -0.2) is 18.5 Å². The lowest BCUT2D eigenvalue weighted by molar-refractivity contribution is -0.124. The maximum Gasteiger partial charge on any atom is 0.160 e. The molecule has 3 nitrogen and oxygen atoms in total. The van der Waals surface area contributed by atoms with Gasteiger partial charge in [-0.1, -0.05) is 29.8 Å². The second-order valence-electron chi connectivity index (χ2n) is 4.46. The molecule has 2 rings (SSSR count). The summed E-state index contributed by atoms with van der Waals surface area (Å²) >= 11 is 6.05. The van der Waals surface area contributed by atoms with Gasteiger partial charge in [0.05, 0.1) is 12.2 Å². The number of rotatable bonds is 3. The maximum atomic E-state index is 12.4. The molecule has 0 spiro atoms. The van der Waals surface area contributed by atoms with E-state index in [2.05, 4.69) is 6.07 Å². The van der Waals surface area contributed by atoms with E-state index in [4.69, 9.17) is 16.3 Å². The fraction of sp³-hybridized carbons (Fsp3) is 0.429. The van der Waals surface area contributed by atoms with E-state index in [1.54, 1.807) is 24.3 Å². The molecule has 0 bridgehead atoms. The van der Waals surface area contributed by atoms with Gasteiger partial charge in [-0.25, -0.2) is 0 Å². The van der Waals surface area contributed by atoms with Crippen molar-refractivity contribution in [1.82, 2.24) is 0 Å². The van der Waals surface area contributed by atoms with Crippen molar-refractivity contribution in [3.05, 3.63) is 34.9 Å². The van der Waals surface area contributed by atoms with Gasteiger partial charge in [0.15, 0.2) is 5.78 Å². The predicted octanol–water partition coefficient (Wildman–Crippen LogP) is 2.94. The Labute approximate surface area is 111 Å². The molecule has 1 heterocycles. The van der Waals surface area contributed by atoms with Gasteiger partial charge in [0.1, 0.15) is 5.92 Å². The summed E-state index contributed by atoms with van der Waals surface area (Å²) in [5.41, 5.74) is 0.589. The van der Waals surface area contributed by atoms with Crippen LogP contribution in [0, 0.1) is 17.2 Å². The first-order chi connectivity index (χ1) is 8.65. The molecule has 1 aromatic carbocycles. The molecule has 0 saturated carbocycles. The summed E-state index contributed by atoms with van der Waals surface area (Å²) in [7, 11) is 0. The molecule has 0 radical (unpaired) electrons. The molecule has 1 aliphatic rings. The van der Waals surface area contributed by atoms with Gasteiger partial charge in [0.25, 0.3) is 0 Å². The third-order valence-electron chi connectivity index (χ3n) is 3.37. The lowest BCUT2D eigenvalue weighted by Crippen LogP contribution is -2.26. The van der Waals surface area contributed by atoms with Crippen LogP contribution >= 0.6 is 11.6 Å². The van der Waals surface area contributed by atoms with Crippen LogP contribution in [0.15, 0.2) is 24.3 Å². The number of carbonyl (C=O) groups is 1. The Bertz CT molecular complexity index is 495. The highest BCUT2D eigenvalue weighted by Gasteiger charge is 2.36. The Kier molecular flexibility index (Phi) is 4.00. The van der Waals surface area contributed by atoms with Crippen molar-refractivity contribution < 1.29 is 9.53 Å². The summed E-state index contributed by atoms with van der Waals surface area (Å²) < 4.78 is 5.38. The normalized spacial score (nSPS) is 24.5. The second-order valence-corrected chi connectivity index (χ2v) is 4.86. The van der Waals surface area contributed by atoms with Crippen LogP contribution in [0.3, 0.4) is 0 Å². The molecular weight excluding hydrogens is 250 g/mol. The zero-order chi connectivity index (χ0) is 13.1. The molecule has 3 atom stereocenters. The van der Waals surface area contributed by atoms with Gasteiger partial charge in [0, 0.05) is 17.5 Å². The van der Waals surface area contributed by atoms with Crippen molar-refractivity contribution in [2.45, 2.75) is 25.4 Å². The Morgan fingerprint density at radius 2 is 2.28 bits per heavy atom. The molecule has 18 heavy (non-hydrogen) atoms. The van der Waals surface area contributed by atoms with Crippen LogP contribution in [0.25, 0.3) is 0 Å². The minimum absolute atomic E-state index is 0.0874. The number of benzene rings is 1. The summed E-state index contributed by atoms with van der Waals surface area (Å²) in [6.07, 6.45) is 0.568. The lowest BCUT2D eigenvalue weighted by Gasteiger charge is -2.17. The van der Waals surface area contributed by atoms with Gasteiger partial charge >= 0.3 is 0 Å². The van der Waals surface area contributed by atoms with Crippen LogP contribution in [0.4, 0.5) is 0 Å². The molecular formula is C14H14ClNO2. The maximum absolute atomic E-state index is 12.4. The summed E-state index contributed by atoms with van der Waals surface area (Å²) in [5.74, 6) is -1.09. The highest BCUT2D eigenvalue weighted by atomic mass is 35.5. The van der Waals surface area contributed by atoms with Crippen molar-refractivity contribution in [2.24, 2.45) is 5.92 Å². The lowest BCUT2D eigenvalue weighted by atomic mass is 9.85. The number of Topliss-reactive ketones (excluding diaryl/α,β-unsaturated/α-hetero) is 1. The number of nitriles is 1. The van der Waals surface area contributed by atoms with Gasteiger partial charge in [-0.3, -0.25) is 4.79 Å². The van der Waals surface area contributed by atoms with Crippen molar-refractivity contribution in [1.29, 1.82) is 5.26 Å². The number of hydrogen-bond donors (Lipinski definition) is 0. The van der Waals surface area contributed by atoms with E-state index in [-0.39, 0.29) is 17.8 Å². The third kappa shape index (κ3) is 2.40. The zero-order valence-electron chi connectivity index (χ0n) is 10.1. The van der Waals surface area contributed by atoms with Crippen LogP contribution < -0.4 is 0 Å². The highest BCUT2D eigenvalue weighted by molar-refractivity contribution is 6.31. The Hall–Kier alpha value is -1.37. The molecule has 1 aromatic rings. The smallest absolute Gasteiger partial charge is 0.160 e. The van der Waals surface area contributed by atoms with Crippen molar-refractivity contribution in [3.8, 4) is 6.07 Å². The zero-order valence-corrected chi connectivity index (χ0v) is 10.9.